The normalized spacial score (nSPS) is 26.9. The predicted molar refractivity (Wildman–Crippen MR) is 69.7 cm³/mol. The fourth-order valence-electron chi connectivity index (χ4n) is 3.44. The summed E-state index contributed by atoms with van der Waals surface area (Å²) in [5, 5.41) is 0. The fraction of sp³-hybridized carbons (Fsp3) is 0.600. The van der Waals surface area contributed by atoms with Gasteiger partial charge in [0.05, 0.1) is 0 Å². The van der Waals surface area contributed by atoms with E-state index in [0.717, 1.165) is 6.54 Å². The lowest BCUT2D eigenvalue weighted by molar-refractivity contribution is 0.558. The fourth-order valence-corrected chi connectivity index (χ4v) is 3.44. The Labute approximate surface area is 99.0 Å². The van der Waals surface area contributed by atoms with Crippen LogP contribution in [0.3, 0.4) is 0 Å². The third-order valence-electron chi connectivity index (χ3n) is 4.35. The Balaban J connectivity index is 2.44. The van der Waals surface area contributed by atoms with Gasteiger partial charge >= 0.3 is 0 Å². The van der Waals surface area contributed by atoms with Crippen LogP contribution in [-0.4, -0.2) is 6.54 Å². The van der Waals surface area contributed by atoms with Crippen molar-refractivity contribution in [2.75, 3.05) is 6.54 Å². The number of benzene rings is 1. The Hall–Kier alpha value is -0.820. The minimum atomic E-state index is 0.388. The molecule has 16 heavy (non-hydrogen) atoms. The highest BCUT2D eigenvalue weighted by atomic mass is 14.7. The van der Waals surface area contributed by atoms with E-state index in [0.29, 0.717) is 17.3 Å². The predicted octanol–water partition coefficient (Wildman–Crippen LogP) is 3.31. The summed E-state index contributed by atoms with van der Waals surface area (Å²) < 4.78 is 0. The summed E-state index contributed by atoms with van der Waals surface area (Å²) in [6.07, 6.45) is 0. The lowest BCUT2D eigenvalue weighted by Gasteiger charge is -2.12. The van der Waals surface area contributed by atoms with Crippen LogP contribution in [0.25, 0.3) is 0 Å². The third-order valence-corrected chi connectivity index (χ3v) is 4.35. The zero-order valence-corrected chi connectivity index (χ0v) is 11.1. The topological polar surface area (TPSA) is 26.0 Å². The quantitative estimate of drug-likeness (QED) is 0.808. The first kappa shape index (κ1) is 11.7. The maximum atomic E-state index is 5.87. The molecule has 0 spiro atoms. The third kappa shape index (κ3) is 1.58. The van der Waals surface area contributed by atoms with Crippen molar-refractivity contribution in [2.24, 2.45) is 17.1 Å². The summed E-state index contributed by atoms with van der Waals surface area (Å²) in [4.78, 5) is 0. The Morgan fingerprint density at radius 3 is 2.00 bits per heavy atom. The lowest BCUT2D eigenvalue weighted by Crippen LogP contribution is -2.05. The van der Waals surface area contributed by atoms with Gasteiger partial charge in [0.2, 0.25) is 0 Å². The van der Waals surface area contributed by atoms with Crippen LogP contribution in [-0.2, 0) is 0 Å². The molecule has 0 heterocycles. The first-order valence-corrected chi connectivity index (χ1v) is 6.17. The van der Waals surface area contributed by atoms with Crippen LogP contribution in [0.4, 0.5) is 0 Å². The molecule has 1 fully saturated rings. The van der Waals surface area contributed by atoms with Gasteiger partial charge in [-0.25, -0.2) is 0 Å². The van der Waals surface area contributed by atoms with E-state index in [4.69, 9.17) is 5.73 Å². The Morgan fingerprint density at radius 1 is 1.12 bits per heavy atom. The molecule has 1 aliphatic carbocycles. The minimum Gasteiger partial charge on any atom is -0.330 e. The van der Waals surface area contributed by atoms with E-state index in [-0.39, 0.29) is 0 Å². The van der Waals surface area contributed by atoms with E-state index < -0.39 is 0 Å². The molecule has 2 atom stereocenters. The van der Waals surface area contributed by atoms with Crippen molar-refractivity contribution < 1.29 is 0 Å². The molecule has 1 aromatic carbocycles. The monoisotopic (exact) mass is 217 g/mol. The zero-order chi connectivity index (χ0) is 12.1. The average Bonchev–Trinajstić information content (AvgIpc) is 2.66. The van der Waals surface area contributed by atoms with Gasteiger partial charge in [0.25, 0.3) is 0 Å². The number of hydrogen-bond donors (Lipinski definition) is 1. The molecule has 1 heteroatoms. The van der Waals surface area contributed by atoms with Crippen LogP contribution in [0.5, 0.6) is 0 Å². The molecule has 1 aliphatic rings. The van der Waals surface area contributed by atoms with Gasteiger partial charge in [0.1, 0.15) is 0 Å². The highest BCUT2D eigenvalue weighted by Crippen LogP contribution is 2.64. The van der Waals surface area contributed by atoms with Crippen LogP contribution < -0.4 is 5.73 Å². The van der Waals surface area contributed by atoms with E-state index in [1.165, 1.54) is 16.7 Å². The van der Waals surface area contributed by atoms with E-state index in [1.807, 2.05) is 0 Å². The second-order valence-electron chi connectivity index (χ2n) is 5.95. The summed E-state index contributed by atoms with van der Waals surface area (Å²) in [5.41, 5.74) is 12.0. The first-order valence-electron chi connectivity index (χ1n) is 6.17. The Morgan fingerprint density at radius 2 is 1.62 bits per heavy atom. The second kappa shape index (κ2) is 3.59. The van der Waals surface area contributed by atoms with Gasteiger partial charge in [0.15, 0.2) is 0 Å². The molecule has 2 rings (SSSR count). The van der Waals surface area contributed by atoms with E-state index in [9.17, 15) is 0 Å². The highest BCUT2D eigenvalue weighted by molar-refractivity contribution is 5.45. The molecular weight excluding hydrogens is 194 g/mol. The lowest BCUT2D eigenvalue weighted by atomic mass is 9.93. The van der Waals surface area contributed by atoms with Crippen LogP contribution in [0.2, 0.25) is 0 Å². The van der Waals surface area contributed by atoms with Crippen LogP contribution in [0, 0.1) is 32.1 Å². The first-order chi connectivity index (χ1) is 7.39. The van der Waals surface area contributed by atoms with Gasteiger partial charge < -0.3 is 5.73 Å². The van der Waals surface area contributed by atoms with E-state index >= 15 is 0 Å². The zero-order valence-electron chi connectivity index (χ0n) is 11.1. The van der Waals surface area contributed by atoms with Crippen molar-refractivity contribution in [2.45, 2.75) is 40.5 Å². The molecule has 0 aromatic heterocycles. The summed E-state index contributed by atoms with van der Waals surface area (Å²) in [6, 6.07) is 4.59. The summed E-state index contributed by atoms with van der Waals surface area (Å²) in [7, 11) is 0. The minimum absolute atomic E-state index is 0.388. The summed E-state index contributed by atoms with van der Waals surface area (Å²) in [6.45, 7) is 12.1. The highest BCUT2D eigenvalue weighted by Gasteiger charge is 2.57. The number of nitrogens with two attached hydrogens (primary N) is 1. The van der Waals surface area contributed by atoms with Crippen LogP contribution in [0.1, 0.15) is 42.0 Å². The van der Waals surface area contributed by atoms with Crippen molar-refractivity contribution in [3.05, 3.63) is 34.4 Å². The number of hydrogen-bond acceptors (Lipinski definition) is 1. The Bertz CT molecular complexity index is 394. The maximum Gasteiger partial charge on any atom is -0.00375 e. The van der Waals surface area contributed by atoms with Gasteiger partial charge in [-0.15, -0.1) is 0 Å². The summed E-state index contributed by atoms with van der Waals surface area (Å²) >= 11 is 0. The molecule has 1 nitrogen and oxygen atoms in total. The summed E-state index contributed by atoms with van der Waals surface area (Å²) in [5.74, 6) is 1.32. The van der Waals surface area contributed by atoms with E-state index in [2.05, 4.69) is 46.8 Å². The van der Waals surface area contributed by atoms with Crippen molar-refractivity contribution in [1.82, 2.24) is 0 Å². The van der Waals surface area contributed by atoms with Crippen LogP contribution >= 0.6 is 0 Å². The molecule has 1 aromatic rings. The molecule has 2 unspecified atom stereocenters. The molecule has 0 amide bonds. The van der Waals surface area contributed by atoms with Crippen molar-refractivity contribution >= 4 is 0 Å². The average molecular weight is 217 g/mol. The number of rotatable bonds is 2. The molecule has 2 N–H and O–H groups in total. The van der Waals surface area contributed by atoms with Crippen molar-refractivity contribution in [1.29, 1.82) is 0 Å². The number of aryl methyl sites for hydroxylation is 3. The second-order valence-corrected chi connectivity index (χ2v) is 5.95. The molecular formula is C15H23N. The van der Waals surface area contributed by atoms with E-state index in [1.54, 1.807) is 5.56 Å². The van der Waals surface area contributed by atoms with Gasteiger partial charge in [-0.2, -0.15) is 0 Å². The smallest absolute Gasteiger partial charge is 0.00375 e. The molecule has 0 radical (unpaired) electrons. The molecule has 0 aliphatic heterocycles. The van der Waals surface area contributed by atoms with Gasteiger partial charge in [-0.3, -0.25) is 0 Å². The van der Waals surface area contributed by atoms with Gasteiger partial charge in [-0.1, -0.05) is 31.5 Å². The SMILES string of the molecule is Cc1cc(C)c(C2C(CN)C2(C)C)c(C)c1. The standard InChI is InChI=1S/C15H23N/c1-9-6-10(2)13(11(3)7-9)14-12(8-16)15(14,4)5/h6-7,12,14H,8,16H2,1-5H3. The van der Waals surface area contributed by atoms with Gasteiger partial charge in [-0.05, 0) is 61.3 Å². The van der Waals surface area contributed by atoms with Crippen molar-refractivity contribution in [3.63, 3.8) is 0 Å². The van der Waals surface area contributed by atoms with Crippen LogP contribution in [0.15, 0.2) is 12.1 Å². The Kier molecular flexibility index (Phi) is 2.62. The maximum absolute atomic E-state index is 5.87. The molecule has 0 saturated heterocycles. The largest absolute Gasteiger partial charge is 0.330 e. The van der Waals surface area contributed by atoms with Gasteiger partial charge in [0, 0.05) is 0 Å². The molecule has 1 saturated carbocycles. The molecule has 88 valence electrons. The molecule has 0 bridgehead atoms. The van der Waals surface area contributed by atoms with Crippen molar-refractivity contribution in [3.8, 4) is 0 Å².